The second kappa shape index (κ2) is 9.03. The number of carbonyl (C=O) groups excluding carboxylic acids is 1. The predicted molar refractivity (Wildman–Crippen MR) is 111 cm³/mol. The van der Waals surface area contributed by atoms with E-state index in [1.165, 1.54) is 4.70 Å². The molecule has 0 aliphatic heterocycles. The van der Waals surface area contributed by atoms with Crippen molar-refractivity contribution in [3.63, 3.8) is 0 Å². The summed E-state index contributed by atoms with van der Waals surface area (Å²) in [6, 6.07) is 13.5. The first-order valence-electron chi connectivity index (χ1n) is 9.17. The minimum absolute atomic E-state index is 0.0176. The number of quaternary nitrogens is 1. The van der Waals surface area contributed by atoms with E-state index in [0.29, 0.717) is 13.1 Å². The van der Waals surface area contributed by atoms with E-state index in [2.05, 4.69) is 16.4 Å². The van der Waals surface area contributed by atoms with Crippen molar-refractivity contribution >= 4 is 27.5 Å². The van der Waals surface area contributed by atoms with E-state index in [1.54, 1.807) is 25.6 Å². The number of ether oxygens (including phenoxy) is 2. The Morgan fingerprint density at radius 1 is 1.21 bits per heavy atom. The lowest BCUT2D eigenvalue weighted by molar-refractivity contribution is -0.885. The Bertz CT molecular complexity index is 924. The summed E-state index contributed by atoms with van der Waals surface area (Å²) in [7, 11) is 5.24. The molecule has 1 heterocycles. The third kappa shape index (κ3) is 4.79. The number of methoxy groups -OCH3 is 2. The molecule has 1 aromatic heterocycles. The molecule has 2 N–H and O–H groups in total. The molecule has 148 valence electrons. The van der Waals surface area contributed by atoms with Crippen LogP contribution in [-0.4, -0.2) is 38.7 Å². The molecule has 1 amide bonds. The van der Waals surface area contributed by atoms with Gasteiger partial charge in [-0.1, -0.05) is 12.1 Å². The second-order valence-electron chi connectivity index (χ2n) is 6.78. The summed E-state index contributed by atoms with van der Waals surface area (Å²) in [6.45, 7) is 3.02. The Kier molecular flexibility index (Phi) is 6.49. The number of hydrogen-bond donors (Lipinski definition) is 2. The lowest BCUT2D eigenvalue weighted by Gasteiger charge is -2.19. The summed E-state index contributed by atoms with van der Waals surface area (Å²) in [5.41, 5.74) is 1.90. The first kappa shape index (κ1) is 20.1. The van der Waals surface area contributed by atoms with Gasteiger partial charge in [0.1, 0.15) is 23.1 Å². The highest BCUT2D eigenvalue weighted by molar-refractivity contribution is 7.18. The van der Waals surface area contributed by atoms with Crippen LogP contribution in [0.1, 0.15) is 23.5 Å². The van der Waals surface area contributed by atoms with Crippen LogP contribution in [0, 0.1) is 0 Å². The first-order chi connectivity index (χ1) is 13.5. The summed E-state index contributed by atoms with van der Waals surface area (Å²) >= 11 is 1.68. The van der Waals surface area contributed by atoms with E-state index in [0.717, 1.165) is 32.5 Å². The van der Waals surface area contributed by atoms with Crippen molar-refractivity contribution in [2.45, 2.75) is 19.5 Å². The fourth-order valence-electron chi connectivity index (χ4n) is 3.14. The van der Waals surface area contributed by atoms with Crippen LogP contribution < -0.4 is 19.7 Å². The Balaban J connectivity index is 1.60. The second-order valence-corrected chi connectivity index (χ2v) is 7.90. The van der Waals surface area contributed by atoms with E-state index in [9.17, 15) is 4.79 Å². The average molecular weight is 401 g/mol. The number of hydrogen-bond acceptors (Lipinski definition) is 5. The molecule has 3 aromatic rings. The summed E-state index contributed by atoms with van der Waals surface area (Å²) < 4.78 is 11.9. The maximum atomic E-state index is 12.5. The molecule has 0 saturated heterocycles. The van der Waals surface area contributed by atoms with Crippen molar-refractivity contribution < 1.29 is 19.2 Å². The molecular formula is C21H26N3O3S+. The number of rotatable bonds is 8. The molecular weight excluding hydrogens is 374 g/mol. The maximum Gasteiger partial charge on any atom is 0.275 e. The molecule has 0 spiro atoms. The topological polar surface area (TPSA) is 64.9 Å². The summed E-state index contributed by atoms with van der Waals surface area (Å²) in [5.74, 6) is 1.44. The van der Waals surface area contributed by atoms with Crippen LogP contribution in [0.4, 0.5) is 0 Å². The molecule has 3 rings (SSSR count). The molecule has 2 atom stereocenters. The zero-order valence-corrected chi connectivity index (χ0v) is 17.4. The smallest absolute Gasteiger partial charge is 0.275 e. The number of likely N-dealkylation sites (N-methyl/N-ethyl adjacent to an activating group) is 1. The van der Waals surface area contributed by atoms with E-state index in [-0.39, 0.29) is 11.9 Å². The first-order valence-corrected chi connectivity index (χ1v) is 9.99. The van der Waals surface area contributed by atoms with Crippen molar-refractivity contribution in [1.82, 2.24) is 10.3 Å². The normalized spacial score (nSPS) is 13.1. The van der Waals surface area contributed by atoms with Gasteiger partial charge in [0.15, 0.2) is 6.54 Å². The molecule has 1 unspecified atom stereocenters. The zero-order chi connectivity index (χ0) is 20.1. The minimum Gasteiger partial charge on any atom is -0.497 e. The van der Waals surface area contributed by atoms with Crippen LogP contribution >= 0.6 is 11.3 Å². The highest BCUT2D eigenvalue weighted by Crippen LogP contribution is 2.29. The molecule has 7 heteroatoms. The molecule has 0 aliphatic rings. The van der Waals surface area contributed by atoms with Gasteiger partial charge in [-0.15, -0.1) is 11.3 Å². The van der Waals surface area contributed by atoms with Crippen molar-refractivity contribution in [3.8, 4) is 11.5 Å². The molecule has 28 heavy (non-hydrogen) atoms. The fraction of sp³-hybridized carbons (Fsp3) is 0.333. The Hall–Kier alpha value is -2.64. The summed E-state index contributed by atoms with van der Waals surface area (Å²) in [5, 5.41) is 4.09. The van der Waals surface area contributed by atoms with Gasteiger partial charge in [0.2, 0.25) is 0 Å². The quantitative estimate of drug-likeness (QED) is 0.609. The number of thiazole rings is 1. The number of benzene rings is 2. The van der Waals surface area contributed by atoms with Crippen LogP contribution in [0.25, 0.3) is 10.2 Å². The van der Waals surface area contributed by atoms with Gasteiger partial charge >= 0.3 is 0 Å². The Morgan fingerprint density at radius 3 is 2.71 bits per heavy atom. The summed E-state index contributed by atoms with van der Waals surface area (Å²) in [6.07, 6.45) is 0. The van der Waals surface area contributed by atoms with Gasteiger partial charge in [-0.25, -0.2) is 4.98 Å². The van der Waals surface area contributed by atoms with E-state index < -0.39 is 0 Å². The number of nitrogens with zero attached hydrogens (tertiary/aromatic N) is 1. The zero-order valence-electron chi connectivity index (χ0n) is 16.6. The number of para-hydroxylation sites is 1. The van der Waals surface area contributed by atoms with E-state index in [1.807, 2.05) is 50.4 Å². The molecule has 0 saturated carbocycles. The highest BCUT2D eigenvalue weighted by atomic mass is 32.1. The lowest BCUT2D eigenvalue weighted by Crippen LogP contribution is -3.08. The van der Waals surface area contributed by atoms with Gasteiger partial charge < -0.3 is 19.7 Å². The van der Waals surface area contributed by atoms with Gasteiger partial charge in [0.05, 0.1) is 37.5 Å². The standard InChI is InChI=1S/C21H25N3O3S/c1-14(16-11-15(26-3)9-10-18(16)27-4)22-20(25)12-24(2)13-21-23-17-7-5-6-8-19(17)28-21/h5-11,14H,12-13H2,1-4H3,(H,22,25)/p+1/t14-/m1/s1. The number of nitrogens with one attached hydrogen (secondary N) is 2. The van der Waals surface area contributed by atoms with Crippen molar-refractivity contribution in [2.24, 2.45) is 0 Å². The molecule has 0 bridgehead atoms. The Morgan fingerprint density at radius 2 is 2.00 bits per heavy atom. The van der Waals surface area contributed by atoms with Gasteiger partial charge in [-0.3, -0.25) is 4.79 Å². The van der Waals surface area contributed by atoms with E-state index >= 15 is 0 Å². The lowest BCUT2D eigenvalue weighted by atomic mass is 10.1. The molecule has 0 aliphatic carbocycles. The average Bonchev–Trinajstić information content (AvgIpc) is 3.09. The predicted octanol–water partition coefficient (Wildman–Crippen LogP) is 2.21. The third-order valence-corrected chi connectivity index (χ3v) is 5.57. The van der Waals surface area contributed by atoms with Crippen LogP contribution in [0.15, 0.2) is 42.5 Å². The third-order valence-electron chi connectivity index (χ3n) is 4.53. The molecule has 0 radical (unpaired) electrons. The van der Waals surface area contributed by atoms with Crippen molar-refractivity contribution in [2.75, 3.05) is 27.8 Å². The fourth-order valence-corrected chi connectivity index (χ4v) is 4.22. The number of amides is 1. The van der Waals surface area contributed by atoms with E-state index in [4.69, 9.17) is 9.47 Å². The van der Waals surface area contributed by atoms with Crippen LogP contribution in [0.3, 0.4) is 0 Å². The highest BCUT2D eigenvalue weighted by Gasteiger charge is 2.18. The van der Waals surface area contributed by atoms with Gasteiger partial charge in [-0.2, -0.15) is 0 Å². The maximum absolute atomic E-state index is 12.5. The minimum atomic E-state index is -0.187. The van der Waals surface area contributed by atoms with Gasteiger partial charge in [-0.05, 0) is 37.3 Å². The number of fused-ring (bicyclic) bond motifs is 1. The van der Waals surface area contributed by atoms with Gasteiger partial charge in [0.25, 0.3) is 5.91 Å². The van der Waals surface area contributed by atoms with Crippen molar-refractivity contribution in [3.05, 3.63) is 53.0 Å². The molecule has 0 fully saturated rings. The largest absolute Gasteiger partial charge is 0.497 e. The van der Waals surface area contributed by atoms with Crippen LogP contribution in [0.5, 0.6) is 11.5 Å². The van der Waals surface area contributed by atoms with Crippen molar-refractivity contribution in [1.29, 1.82) is 0 Å². The number of aromatic nitrogens is 1. The monoisotopic (exact) mass is 400 g/mol. The summed E-state index contributed by atoms with van der Waals surface area (Å²) in [4.78, 5) is 18.3. The SMILES string of the molecule is COc1ccc(OC)c([C@@H](C)NC(=O)C[NH+](C)Cc2nc3ccccc3s2)c1. The molecule has 6 nitrogen and oxygen atoms in total. The van der Waals surface area contributed by atoms with Gasteiger partial charge in [0, 0.05) is 5.56 Å². The molecule has 2 aromatic carbocycles. The number of carbonyl (C=O) groups is 1. The Labute approximate surface area is 169 Å². The van der Waals surface area contributed by atoms with Crippen LogP contribution in [0.2, 0.25) is 0 Å². The van der Waals surface area contributed by atoms with Crippen LogP contribution in [-0.2, 0) is 11.3 Å².